The van der Waals surface area contributed by atoms with Crippen LogP contribution in [0.15, 0.2) is 23.8 Å². The summed E-state index contributed by atoms with van der Waals surface area (Å²) in [5, 5.41) is 0. The van der Waals surface area contributed by atoms with Crippen molar-refractivity contribution in [1.82, 2.24) is 0 Å². The molecule has 0 atom stereocenters. The molecule has 0 aliphatic heterocycles. The molecule has 64 valence electrons. The molecule has 0 radical (unpaired) electrons. The molecule has 0 aromatic heterocycles. The van der Waals surface area contributed by atoms with Gasteiger partial charge in [0.1, 0.15) is 0 Å². The molecule has 0 heteroatoms. The fourth-order valence-corrected chi connectivity index (χ4v) is 0.929. The third-order valence-corrected chi connectivity index (χ3v) is 1.67. The first-order valence-electron chi connectivity index (χ1n) is 4.70. The Bertz CT molecular complexity index is 129. The van der Waals surface area contributed by atoms with Crippen LogP contribution in [0.2, 0.25) is 0 Å². The maximum Gasteiger partial charge on any atom is -0.0311 e. The molecule has 0 saturated carbocycles. The molecule has 0 rings (SSSR count). The number of rotatable bonds is 5. The summed E-state index contributed by atoms with van der Waals surface area (Å²) in [6.45, 7) is 6.60. The number of hydrogen-bond donors (Lipinski definition) is 0. The second kappa shape index (κ2) is 7.59. The third-order valence-electron chi connectivity index (χ3n) is 1.67. The first-order chi connectivity index (χ1) is 5.35. The molecule has 0 amide bonds. The third kappa shape index (κ3) is 5.90. The van der Waals surface area contributed by atoms with E-state index < -0.39 is 0 Å². The van der Waals surface area contributed by atoms with Crippen molar-refractivity contribution in [2.45, 2.75) is 46.5 Å². The van der Waals surface area contributed by atoms with E-state index in [1.807, 2.05) is 0 Å². The van der Waals surface area contributed by atoms with Crippen LogP contribution >= 0.6 is 0 Å². The second-order valence-electron chi connectivity index (χ2n) is 2.73. The van der Waals surface area contributed by atoms with Gasteiger partial charge in [-0.15, -0.1) is 0 Å². The first kappa shape index (κ1) is 10.5. The zero-order valence-electron chi connectivity index (χ0n) is 8.06. The topological polar surface area (TPSA) is 0 Å². The van der Waals surface area contributed by atoms with Gasteiger partial charge in [0.2, 0.25) is 0 Å². The lowest BCUT2D eigenvalue weighted by molar-refractivity contribution is 0.941. The number of unbranched alkanes of at least 4 members (excludes halogenated alkanes) is 1. The minimum Gasteiger partial charge on any atom is -0.0845 e. The summed E-state index contributed by atoms with van der Waals surface area (Å²) >= 11 is 0. The predicted molar refractivity (Wildman–Crippen MR) is 52.7 cm³/mol. The lowest BCUT2D eigenvalue weighted by atomic mass is 10.1. The van der Waals surface area contributed by atoms with Crippen LogP contribution in [0.3, 0.4) is 0 Å². The van der Waals surface area contributed by atoms with Crippen LogP contribution in [0.1, 0.15) is 46.5 Å². The SMILES string of the molecule is CCC=CC(=CCCC)CC. The van der Waals surface area contributed by atoms with Crippen LogP contribution in [-0.2, 0) is 0 Å². The summed E-state index contributed by atoms with van der Waals surface area (Å²) in [6.07, 6.45) is 11.6. The van der Waals surface area contributed by atoms with Crippen LogP contribution in [0.25, 0.3) is 0 Å². The molecule has 0 N–H and O–H groups in total. The van der Waals surface area contributed by atoms with Crippen LogP contribution in [0.4, 0.5) is 0 Å². The molecule has 0 aliphatic rings. The second-order valence-corrected chi connectivity index (χ2v) is 2.73. The van der Waals surface area contributed by atoms with Gasteiger partial charge in [0.05, 0.1) is 0 Å². The van der Waals surface area contributed by atoms with E-state index in [1.54, 1.807) is 0 Å². The van der Waals surface area contributed by atoms with Crippen LogP contribution in [0.5, 0.6) is 0 Å². The van der Waals surface area contributed by atoms with Crippen LogP contribution < -0.4 is 0 Å². The molecule has 0 heterocycles. The normalized spacial score (nSPS) is 12.8. The highest BCUT2D eigenvalue weighted by Gasteiger charge is 1.85. The standard InChI is InChI=1S/C11H20/c1-4-7-9-11(6-3)10-8-5-2/h7,9-10H,4-6,8H2,1-3H3. The Morgan fingerprint density at radius 2 is 1.91 bits per heavy atom. The van der Waals surface area contributed by atoms with Crippen molar-refractivity contribution >= 4 is 0 Å². The lowest BCUT2D eigenvalue weighted by Gasteiger charge is -1.95. The number of hydrogen-bond acceptors (Lipinski definition) is 0. The molecule has 0 nitrogen and oxygen atoms in total. The van der Waals surface area contributed by atoms with Gasteiger partial charge in [-0.2, -0.15) is 0 Å². The summed E-state index contributed by atoms with van der Waals surface area (Å²) < 4.78 is 0. The number of allylic oxidation sites excluding steroid dienone is 4. The Labute approximate surface area is 71.0 Å². The molecular formula is C11H20. The van der Waals surface area contributed by atoms with Gasteiger partial charge in [0.25, 0.3) is 0 Å². The van der Waals surface area contributed by atoms with Crippen molar-refractivity contribution in [2.75, 3.05) is 0 Å². The van der Waals surface area contributed by atoms with E-state index >= 15 is 0 Å². The first-order valence-corrected chi connectivity index (χ1v) is 4.70. The fraction of sp³-hybridized carbons (Fsp3) is 0.636. The molecule has 0 aromatic carbocycles. The average Bonchev–Trinajstić information content (AvgIpc) is 2.05. The van der Waals surface area contributed by atoms with Gasteiger partial charge in [-0.3, -0.25) is 0 Å². The fourth-order valence-electron chi connectivity index (χ4n) is 0.929. The summed E-state index contributed by atoms with van der Waals surface area (Å²) in [7, 11) is 0. The Morgan fingerprint density at radius 1 is 1.18 bits per heavy atom. The van der Waals surface area contributed by atoms with Crippen LogP contribution in [-0.4, -0.2) is 0 Å². The highest BCUT2D eigenvalue weighted by atomic mass is 13.9. The summed E-state index contributed by atoms with van der Waals surface area (Å²) in [5.74, 6) is 0. The maximum absolute atomic E-state index is 2.34. The quantitative estimate of drug-likeness (QED) is 0.520. The summed E-state index contributed by atoms with van der Waals surface area (Å²) in [6, 6.07) is 0. The Balaban J connectivity index is 3.83. The average molecular weight is 152 g/mol. The van der Waals surface area contributed by atoms with Gasteiger partial charge in [-0.05, 0) is 19.3 Å². The van der Waals surface area contributed by atoms with Gasteiger partial charge in [0.15, 0.2) is 0 Å². The highest BCUT2D eigenvalue weighted by Crippen LogP contribution is 2.05. The zero-order valence-corrected chi connectivity index (χ0v) is 8.06. The molecule has 0 aliphatic carbocycles. The van der Waals surface area contributed by atoms with Crippen molar-refractivity contribution in [2.24, 2.45) is 0 Å². The molecular weight excluding hydrogens is 132 g/mol. The van der Waals surface area contributed by atoms with E-state index in [4.69, 9.17) is 0 Å². The monoisotopic (exact) mass is 152 g/mol. The lowest BCUT2D eigenvalue weighted by Crippen LogP contribution is -1.74. The molecule has 11 heavy (non-hydrogen) atoms. The van der Waals surface area contributed by atoms with Gasteiger partial charge in [-0.1, -0.05) is 51.0 Å². The molecule has 0 bridgehead atoms. The van der Waals surface area contributed by atoms with Crippen molar-refractivity contribution in [1.29, 1.82) is 0 Å². The Hall–Kier alpha value is -0.520. The van der Waals surface area contributed by atoms with Crippen molar-refractivity contribution < 1.29 is 0 Å². The van der Waals surface area contributed by atoms with Gasteiger partial charge in [0, 0.05) is 0 Å². The van der Waals surface area contributed by atoms with Crippen LogP contribution in [0, 0.1) is 0 Å². The van der Waals surface area contributed by atoms with Crippen molar-refractivity contribution in [3.8, 4) is 0 Å². The van der Waals surface area contributed by atoms with Crippen molar-refractivity contribution in [3.63, 3.8) is 0 Å². The molecule has 0 spiro atoms. The Kier molecular flexibility index (Phi) is 7.23. The predicted octanol–water partition coefficient (Wildman–Crippen LogP) is 4.09. The van der Waals surface area contributed by atoms with E-state index in [1.165, 1.54) is 18.4 Å². The van der Waals surface area contributed by atoms with E-state index in [0.29, 0.717) is 0 Å². The zero-order chi connectivity index (χ0) is 8.53. The smallest absolute Gasteiger partial charge is 0.0311 e. The highest BCUT2D eigenvalue weighted by molar-refractivity contribution is 5.17. The van der Waals surface area contributed by atoms with E-state index in [-0.39, 0.29) is 0 Å². The molecule has 0 saturated heterocycles. The molecule has 0 aromatic rings. The van der Waals surface area contributed by atoms with Gasteiger partial charge < -0.3 is 0 Å². The van der Waals surface area contributed by atoms with Gasteiger partial charge >= 0.3 is 0 Å². The van der Waals surface area contributed by atoms with E-state index in [2.05, 4.69) is 39.0 Å². The summed E-state index contributed by atoms with van der Waals surface area (Å²) in [5.41, 5.74) is 1.48. The Morgan fingerprint density at radius 3 is 2.36 bits per heavy atom. The van der Waals surface area contributed by atoms with E-state index in [9.17, 15) is 0 Å². The summed E-state index contributed by atoms with van der Waals surface area (Å²) in [4.78, 5) is 0. The maximum atomic E-state index is 2.34. The molecule has 0 fully saturated rings. The van der Waals surface area contributed by atoms with Gasteiger partial charge in [-0.25, -0.2) is 0 Å². The minimum absolute atomic E-state index is 1.14. The minimum atomic E-state index is 1.14. The largest absolute Gasteiger partial charge is 0.0845 e. The molecule has 0 unspecified atom stereocenters. The van der Waals surface area contributed by atoms with E-state index in [0.717, 1.165) is 12.8 Å². The van der Waals surface area contributed by atoms with Crippen molar-refractivity contribution in [3.05, 3.63) is 23.8 Å².